The number of anilines is 1. The van der Waals surface area contributed by atoms with Crippen LogP contribution in [-0.4, -0.2) is 44.1 Å². The van der Waals surface area contributed by atoms with Crippen LogP contribution in [0.15, 0.2) is 29.3 Å². The van der Waals surface area contributed by atoms with Crippen molar-refractivity contribution in [2.75, 3.05) is 38.6 Å². The van der Waals surface area contributed by atoms with E-state index in [1.807, 2.05) is 24.3 Å². The Balaban J connectivity index is 0.00000242. The number of hydrogen-bond acceptors (Lipinski definition) is 3. The minimum atomic E-state index is 0. The first-order chi connectivity index (χ1) is 10.2. The summed E-state index contributed by atoms with van der Waals surface area (Å²) in [6, 6.07) is 7.68. The number of ether oxygens (including phenoxy) is 1. The summed E-state index contributed by atoms with van der Waals surface area (Å²) < 4.78 is 5.28. The number of aliphatic imine (C=N–C) groups is 1. The lowest BCUT2D eigenvalue weighted by molar-refractivity contribution is 0.189. The van der Waals surface area contributed by atoms with Gasteiger partial charge in [0.25, 0.3) is 0 Å². The average Bonchev–Trinajstić information content (AvgIpc) is 2.48. The first kappa shape index (κ1) is 19.0. The van der Waals surface area contributed by atoms with Crippen molar-refractivity contribution in [1.82, 2.24) is 4.90 Å². The van der Waals surface area contributed by atoms with E-state index in [2.05, 4.69) is 22.1 Å². The summed E-state index contributed by atoms with van der Waals surface area (Å²) in [4.78, 5) is 6.87. The molecule has 1 aliphatic rings. The van der Waals surface area contributed by atoms with Crippen LogP contribution < -0.4 is 15.8 Å². The lowest BCUT2D eigenvalue weighted by Gasteiger charge is -2.30. The number of guanidine groups is 1. The largest absolute Gasteiger partial charge is 0.495 e. The molecule has 3 N–H and O–H groups in total. The van der Waals surface area contributed by atoms with E-state index < -0.39 is 0 Å². The fourth-order valence-electron chi connectivity index (χ4n) is 2.73. The molecule has 1 atom stereocenters. The van der Waals surface area contributed by atoms with Crippen LogP contribution in [0.1, 0.15) is 19.8 Å². The van der Waals surface area contributed by atoms with Crippen molar-refractivity contribution in [3.05, 3.63) is 24.3 Å². The Morgan fingerprint density at radius 3 is 2.95 bits per heavy atom. The summed E-state index contributed by atoms with van der Waals surface area (Å²) in [5.74, 6) is 2.00. The van der Waals surface area contributed by atoms with Crippen molar-refractivity contribution in [3.63, 3.8) is 0 Å². The summed E-state index contributed by atoms with van der Waals surface area (Å²) in [7, 11) is 1.64. The first-order valence-corrected chi connectivity index (χ1v) is 7.61. The molecule has 1 saturated heterocycles. The van der Waals surface area contributed by atoms with Crippen molar-refractivity contribution in [2.24, 2.45) is 16.6 Å². The second kappa shape index (κ2) is 9.89. The number of nitrogens with one attached hydrogen (secondary N) is 1. The Morgan fingerprint density at radius 1 is 1.45 bits per heavy atom. The summed E-state index contributed by atoms with van der Waals surface area (Å²) in [6.07, 6.45) is 2.64. The number of hydrogen-bond donors (Lipinski definition) is 2. The predicted molar refractivity (Wildman–Crippen MR) is 103 cm³/mol. The Morgan fingerprint density at radius 2 is 2.23 bits per heavy atom. The van der Waals surface area contributed by atoms with E-state index in [4.69, 9.17) is 10.5 Å². The second-order valence-electron chi connectivity index (χ2n) is 5.64. The molecule has 0 radical (unpaired) electrons. The molecule has 1 aliphatic heterocycles. The number of para-hydroxylation sites is 2. The van der Waals surface area contributed by atoms with E-state index in [1.54, 1.807) is 7.11 Å². The van der Waals surface area contributed by atoms with Crippen molar-refractivity contribution < 1.29 is 4.74 Å². The molecule has 1 aromatic carbocycles. The van der Waals surface area contributed by atoms with Gasteiger partial charge in [0.1, 0.15) is 5.75 Å². The van der Waals surface area contributed by atoms with Crippen LogP contribution in [0.5, 0.6) is 5.75 Å². The van der Waals surface area contributed by atoms with Gasteiger partial charge in [0.2, 0.25) is 0 Å². The van der Waals surface area contributed by atoms with E-state index >= 15 is 0 Å². The molecule has 1 fully saturated rings. The van der Waals surface area contributed by atoms with Crippen LogP contribution >= 0.6 is 24.0 Å². The third-order valence-corrected chi connectivity index (χ3v) is 3.81. The minimum Gasteiger partial charge on any atom is -0.495 e. The van der Waals surface area contributed by atoms with E-state index in [1.165, 1.54) is 25.9 Å². The van der Waals surface area contributed by atoms with Crippen LogP contribution in [-0.2, 0) is 0 Å². The monoisotopic (exact) mass is 418 g/mol. The van der Waals surface area contributed by atoms with Crippen molar-refractivity contribution in [1.29, 1.82) is 0 Å². The zero-order valence-corrected chi connectivity index (χ0v) is 15.7. The number of nitrogens with zero attached hydrogens (tertiary/aromatic N) is 2. The van der Waals surface area contributed by atoms with Crippen LogP contribution in [0, 0.1) is 5.92 Å². The Labute approximate surface area is 150 Å². The highest BCUT2D eigenvalue weighted by atomic mass is 127. The number of likely N-dealkylation sites (tertiary alicyclic amines) is 1. The lowest BCUT2D eigenvalue weighted by atomic mass is 10.0. The molecular formula is C16H27IN4O. The number of piperidine rings is 1. The summed E-state index contributed by atoms with van der Waals surface area (Å²) in [6.45, 7) is 6.36. The summed E-state index contributed by atoms with van der Waals surface area (Å²) >= 11 is 0. The summed E-state index contributed by atoms with van der Waals surface area (Å²) in [5, 5.41) is 3.09. The zero-order chi connectivity index (χ0) is 15.1. The zero-order valence-electron chi connectivity index (χ0n) is 13.4. The maximum Gasteiger partial charge on any atom is 0.193 e. The normalized spacial score (nSPS) is 19.4. The van der Waals surface area contributed by atoms with Crippen LogP contribution in [0.25, 0.3) is 0 Å². The van der Waals surface area contributed by atoms with Gasteiger partial charge in [-0.15, -0.1) is 24.0 Å². The SMILES string of the molecule is COc1ccccc1NC(N)=NCCN1CCCC(C)C1.I. The standard InChI is InChI=1S/C16H26N4O.HI/c1-13-6-5-10-20(12-13)11-9-18-16(17)19-14-7-3-4-8-15(14)21-2;/h3-4,7-8,13H,5-6,9-12H2,1-2H3,(H3,17,18,19);1H. The van der Waals surface area contributed by atoms with Crippen molar-refractivity contribution in [3.8, 4) is 5.75 Å². The number of nitrogens with two attached hydrogens (primary N) is 1. The van der Waals surface area contributed by atoms with Crippen LogP contribution in [0.4, 0.5) is 5.69 Å². The molecule has 0 bridgehead atoms. The molecule has 0 saturated carbocycles. The Bertz CT molecular complexity index is 481. The number of benzene rings is 1. The predicted octanol–water partition coefficient (Wildman–Crippen LogP) is 2.77. The van der Waals surface area contributed by atoms with Gasteiger partial charge < -0.3 is 20.7 Å². The van der Waals surface area contributed by atoms with Crippen LogP contribution in [0.3, 0.4) is 0 Å². The van der Waals surface area contributed by atoms with Crippen LogP contribution in [0.2, 0.25) is 0 Å². The quantitative estimate of drug-likeness (QED) is 0.439. The molecule has 0 spiro atoms. The molecule has 124 valence electrons. The molecule has 1 aromatic rings. The maximum absolute atomic E-state index is 5.94. The minimum absolute atomic E-state index is 0. The number of halogens is 1. The molecule has 0 aliphatic carbocycles. The molecule has 0 amide bonds. The average molecular weight is 418 g/mol. The fraction of sp³-hybridized carbons (Fsp3) is 0.562. The first-order valence-electron chi connectivity index (χ1n) is 7.61. The van der Waals surface area contributed by atoms with Gasteiger partial charge in [0.15, 0.2) is 5.96 Å². The smallest absolute Gasteiger partial charge is 0.193 e. The Hall–Kier alpha value is -1.02. The topological polar surface area (TPSA) is 62.9 Å². The summed E-state index contributed by atoms with van der Waals surface area (Å²) in [5.41, 5.74) is 6.78. The fourth-order valence-corrected chi connectivity index (χ4v) is 2.73. The molecule has 22 heavy (non-hydrogen) atoms. The maximum atomic E-state index is 5.94. The van der Waals surface area contributed by atoms with Gasteiger partial charge in [-0.05, 0) is 37.4 Å². The van der Waals surface area contributed by atoms with Crippen molar-refractivity contribution >= 4 is 35.6 Å². The highest BCUT2D eigenvalue weighted by molar-refractivity contribution is 14.0. The molecule has 5 nitrogen and oxygen atoms in total. The van der Waals surface area contributed by atoms with E-state index in [0.29, 0.717) is 5.96 Å². The van der Waals surface area contributed by atoms with Gasteiger partial charge in [-0.1, -0.05) is 19.1 Å². The number of rotatable bonds is 5. The van der Waals surface area contributed by atoms with E-state index in [9.17, 15) is 0 Å². The van der Waals surface area contributed by atoms with Gasteiger partial charge in [-0.2, -0.15) is 0 Å². The third-order valence-electron chi connectivity index (χ3n) is 3.81. The molecule has 0 aromatic heterocycles. The highest BCUT2D eigenvalue weighted by Crippen LogP contribution is 2.22. The Kier molecular flexibility index (Phi) is 8.55. The molecule has 1 unspecified atom stereocenters. The van der Waals surface area contributed by atoms with Gasteiger partial charge in [0.05, 0.1) is 19.3 Å². The lowest BCUT2D eigenvalue weighted by Crippen LogP contribution is -2.36. The van der Waals surface area contributed by atoms with Gasteiger partial charge in [0, 0.05) is 13.1 Å². The second-order valence-corrected chi connectivity index (χ2v) is 5.64. The highest BCUT2D eigenvalue weighted by Gasteiger charge is 2.15. The molecule has 1 heterocycles. The van der Waals surface area contributed by atoms with Gasteiger partial charge in [-0.25, -0.2) is 0 Å². The molecule has 6 heteroatoms. The number of methoxy groups -OCH3 is 1. The third kappa shape index (κ3) is 6.00. The van der Waals surface area contributed by atoms with Crippen molar-refractivity contribution in [2.45, 2.75) is 19.8 Å². The van der Waals surface area contributed by atoms with E-state index in [0.717, 1.165) is 30.4 Å². The molecule has 2 rings (SSSR count). The van der Waals surface area contributed by atoms with Gasteiger partial charge >= 0.3 is 0 Å². The van der Waals surface area contributed by atoms with Gasteiger partial charge in [-0.3, -0.25) is 4.99 Å². The molecular weight excluding hydrogens is 391 g/mol. The van der Waals surface area contributed by atoms with E-state index in [-0.39, 0.29) is 24.0 Å².